The highest BCUT2D eigenvalue weighted by Crippen LogP contribution is 2.23. The van der Waals surface area contributed by atoms with Crippen molar-refractivity contribution in [3.8, 4) is 5.75 Å². The van der Waals surface area contributed by atoms with Crippen LogP contribution in [0.1, 0.15) is 11.4 Å². The largest absolute Gasteiger partial charge is 0.486 e. The van der Waals surface area contributed by atoms with Crippen LogP contribution >= 0.6 is 23.4 Å². The van der Waals surface area contributed by atoms with E-state index in [1.165, 1.54) is 42.1 Å². The maximum Gasteiger partial charge on any atom is 0.191 e. The van der Waals surface area contributed by atoms with Crippen LogP contribution in [0.25, 0.3) is 0 Å². The number of rotatable bonds is 6. The van der Waals surface area contributed by atoms with Gasteiger partial charge in [0.1, 0.15) is 24.0 Å². The van der Waals surface area contributed by atoms with Gasteiger partial charge in [-0.25, -0.2) is 8.78 Å². The molecule has 1 aromatic heterocycles. The van der Waals surface area contributed by atoms with E-state index in [2.05, 4.69) is 10.2 Å². The first kappa shape index (κ1) is 17.7. The Morgan fingerprint density at radius 3 is 2.60 bits per heavy atom. The number of halogens is 3. The Labute approximate surface area is 152 Å². The molecule has 4 nitrogen and oxygen atoms in total. The lowest BCUT2D eigenvalue weighted by Gasteiger charge is -2.07. The molecular weight excluding hydrogens is 368 g/mol. The van der Waals surface area contributed by atoms with E-state index in [0.717, 1.165) is 10.7 Å². The molecule has 25 heavy (non-hydrogen) atoms. The normalized spacial score (nSPS) is 10.9. The molecule has 0 aliphatic carbocycles. The Balaban J connectivity index is 1.60. The summed E-state index contributed by atoms with van der Waals surface area (Å²) in [6.07, 6.45) is 0. The molecule has 3 rings (SSSR count). The molecule has 0 unspecified atom stereocenters. The highest BCUT2D eigenvalue weighted by Gasteiger charge is 2.11. The fourth-order valence-electron chi connectivity index (χ4n) is 2.04. The molecule has 0 spiro atoms. The van der Waals surface area contributed by atoms with Crippen molar-refractivity contribution < 1.29 is 13.5 Å². The molecule has 0 bridgehead atoms. The van der Waals surface area contributed by atoms with E-state index in [0.29, 0.717) is 17.3 Å². The average molecular weight is 382 g/mol. The van der Waals surface area contributed by atoms with Gasteiger partial charge in [0, 0.05) is 18.9 Å². The van der Waals surface area contributed by atoms with Crippen LogP contribution in [0, 0.1) is 11.6 Å². The van der Waals surface area contributed by atoms with Gasteiger partial charge in [-0.1, -0.05) is 35.5 Å². The third kappa shape index (κ3) is 4.49. The van der Waals surface area contributed by atoms with E-state index in [-0.39, 0.29) is 17.4 Å². The van der Waals surface area contributed by atoms with Gasteiger partial charge in [0.15, 0.2) is 11.0 Å². The Bertz CT molecular complexity index is 871. The molecule has 2 aromatic carbocycles. The summed E-state index contributed by atoms with van der Waals surface area (Å²) in [7, 11) is 1.84. The molecule has 130 valence electrons. The number of aromatic nitrogens is 3. The van der Waals surface area contributed by atoms with Crippen LogP contribution in [0.5, 0.6) is 5.75 Å². The second kappa shape index (κ2) is 7.84. The highest BCUT2D eigenvalue weighted by molar-refractivity contribution is 7.98. The minimum atomic E-state index is -0.493. The summed E-state index contributed by atoms with van der Waals surface area (Å²) in [5, 5.41) is 8.95. The van der Waals surface area contributed by atoms with Crippen LogP contribution in [-0.2, 0) is 19.4 Å². The van der Waals surface area contributed by atoms with Gasteiger partial charge < -0.3 is 9.30 Å². The molecule has 0 aliphatic rings. The Hall–Kier alpha value is -2.12. The van der Waals surface area contributed by atoms with Crippen LogP contribution in [0.3, 0.4) is 0 Å². The van der Waals surface area contributed by atoms with Crippen LogP contribution < -0.4 is 4.74 Å². The standard InChI is InChI=1S/C17H14ClF2N3OS/c1-23-16(9-24-13-6-7-15(20)14(18)8-13)21-22-17(23)25-10-11-2-4-12(19)5-3-11/h2-8H,9-10H2,1H3. The van der Waals surface area contributed by atoms with Crippen molar-refractivity contribution in [1.82, 2.24) is 14.8 Å². The second-order valence-electron chi connectivity index (χ2n) is 5.24. The number of ether oxygens (including phenoxy) is 1. The zero-order valence-electron chi connectivity index (χ0n) is 13.2. The molecule has 1 heterocycles. The molecule has 3 aromatic rings. The van der Waals surface area contributed by atoms with Crippen molar-refractivity contribution in [2.24, 2.45) is 7.05 Å². The molecule has 0 atom stereocenters. The van der Waals surface area contributed by atoms with Crippen molar-refractivity contribution in [2.45, 2.75) is 17.5 Å². The lowest BCUT2D eigenvalue weighted by molar-refractivity contribution is 0.290. The fourth-order valence-corrected chi connectivity index (χ4v) is 3.10. The van der Waals surface area contributed by atoms with Gasteiger partial charge in [0.25, 0.3) is 0 Å². The number of hydrogen-bond acceptors (Lipinski definition) is 4. The fraction of sp³-hybridized carbons (Fsp3) is 0.176. The molecule has 0 saturated heterocycles. The third-order valence-electron chi connectivity index (χ3n) is 3.47. The zero-order chi connectivity index (χ0) is 17.8. The van der Waals surface area contributed by atoms with Crippen LogP contribution in [0.15, 0.2) is 47.6 Å². The van der Waals surface area contributed by atoms with E-state index >= 15 is 0 Å². The van der Waals surface area contributed by atoms with E-state index in [1.54, 1.807) is 12.1 Å². The second-order valence-corrected chi connectivity index (χ2v) is 6.59. The number of benzene rings is 2. The molecular formula is C17H14ClF2N3OS. The molecule has 0 N–H and O–H groups in total. The molecule has 8 heteroatoms. The zero-order valence-corrected chi connectivity index (χ0v) is 14.8. The first-order valence-corrected chi connectivity index (χ1v) is 8.72. The molecule has 0 aliphatic heterocycles. The van der Waals surface area contributed by atoms with Gasteiger partial charge in [-0.2, -0.15) is 0 Å². The minimum Gasteiger partial charge on any atom is -0.486 e. The Kier molecular flexibility index (Phi) is 5.55. The minimum absolute atomic E-state index is 0.00556. The van der Waals surface area contributed by atoms with Gasteiger partial charge in [0.05, 0.1) is 5.02 Å². The first-order chi connectivity index (χ1) is 12.0. The summed E-state index contributed by atoms with van der Waals surface area (Å²) < 4.78 is 33.4. The van der Waals surface area contributed by atoms with Gasteiger partial charge in [0.2, 0.25) is 0 Å². The van der Waals surface area contributed by atoms with Crippen LogP contribution in [0.2, 0.25) is 5.02 Å². The number of hydrogen-bond donors (Lipinski definition) is 0. The van der Waals surface area contributed by atoms with Gasteiger partial charge in [-0.05, 0) is 29.8 Å². The van der Waals surface area contributed by atoms with Crippen molar-refractivity contribution in [1.29, 1.82) is 0 Å². The smallest absolute Gasteiger partial charge is 0.191 e. The predicted octanol–water partition coefficient (Wildman–Crippen LogP) is 4.62. The average Bonchev–Trinajstić information content (AvgIpc) is 2.95. The monoisotopic (exact) mass is 381 g/mol. The van der Waals surface area contributed by atoms with Crippen molar-refractivity contribution in [2.75, 3.05) is 0 Å². The summed E-state index contributed by atoms with van der Waals surface area (Å²) in [5.74, 6) is 0.984. The van der Waals surface area contributed by atoms with Crippen LogP contribution in [-0.4, -0.2) is 14.8 Å². The van der Waals surface area contributed by atoms with Crippen LogP contribution in [0.4, 0.5) is 8.78 Å². The Morgan fingerprint density at radius 2 is 1.88 bits per heavy atom. The summed E-state index contributed by atoms with van der Waals surface area (Å²) in [5.41, 5.74) is 0.994. The molecule has 0 radical (unpaired) electrons. The van der Waals surface area contributed by atoms with Crippen molar-refractivity contribution in [3.05, 3.63) is 70.5 Å². The lowest BCUT2D eigenvalue weighted by Crippen LogP contribution is -2.04. The summed E-state index contributed by atoms with van der Waals surface area (Å²) in [6.45, 7) is 0.183. The molecule has 0 amide bonds. The maximum absolute atomic E-state index is 13.1. The van der Waals surface area contributed by atoms with Crippen molar-refractivity contribution in [3.63, 3.8) is 0 Å². The van der Waals surface area contributed by atoms with E-state index < -0.39 is 5.82 Å². The van der Waals surface area contributed by atoms with Gasteiger partial charge in [-0.3, -0.25) is 0 Å². The predicted molar refractivity (Wildman–Crippen MR) is 92.7 cm³/mol. The summed E-state index contributed by atoms with van der Waals surface area (Å²) >= 11 is 7.22. The summed E-state index contributed by atoms with van der Waals surface area (Å²) in [6, 6.07) is 10.5. The van der Waals surface area contributed by atoms with Crippen molar-refractivity contribution >= 4 is 23.4 Å². The summed E-state index contributed by atoms with van der Waals surface area (Å²) in [4.78, 5) is 0. The van der Waals surface area contributed by atoms with E-state index in [1.807, 2.05) is 11.6 Å². The SMILES string of the molecule is Cn1c(COc2ccc(F)c(Cl)c2)nnc1SCc1ccc(F)cc1. The van der Waals surface area contributed by atoms with Gasteiger partial charge >= 0.3 is 0 Å². The third-order valence-corrected chi connectivity index (χ3v) is 4.85. The highest BCUT2D eigenvalue weighted by atomic mass is 35.5. The number of nitrogens with zero attached hydrogens (tertiary/aromatic N) is 3. The van der Waals surface area contributed by atoms with Gasteiger partial charge in [-0.15, -0.1) is 10.2 Å². The number of thioether (sulfide) groups is 1. The molecule has 0 saturated carbocycles. The van der Waals surface area contributed by atoms with E-state index in [4.69, 9.17) is 16.3 Å². The molecule has 0 fully saturated rings. The maximum atomic E-state index is 13.1. The topological polar surface area (TPSA) is 39.9 Å². The first-order valence-electron chi connectivity index (χ1n) is 7.36. The quantitative estimate of drug-likeness (QED) is 0.584. The Morgan fingerprint density at radius 1 is 1.12 bits per heavy atom. The lowest BCUT2D eigenvalue weighted by atomic mass is 10.2. The van der Waals surface area contributed by atoms with E-state index in [9.17, 15) is 8.78 Å².